The van der Waals surface area contributed by atoms with E-state index in [1.165, 1.54) is 25.9 Å². The molecule has 0 aromatic heterocycles. The van der Waals surface area contributed by atoms with Crippen LogP contribution in [0, 0.1) is 11.8 Å². The molecule has 2 rings (SSSR count). The molecule has 0 spiro atoms. The number of hydrogen-bond donors (Lipinski definition) is 2. The molecule has 1 atom stereocenters. The summed E-state index contributed by atoms with van der Waals surface area (Å²) in [5.41, 5.74) is 0. The van der Waals surface area contributed by atoms with Crippen LogP contribution in [0.5, 0.6) is 0 Å². The summed E-state index contributed by atoms with van der Waals surface area (Å²) in [5.74, 6) is 2.25. The van der Waals surface area contributed by atoms with E-state index in [1.54, 1.807) is 0 Å². The summed E-state index contributed by atoms with van der Waals surface area (Å²) in [5, 5.41) is 6.84. The number of rotatable bonds is 11. The number of nitrogens with one attached hydrogen (secondary N) is 2. The third kappa shape index (κ3) is 10.1. The van der Waals surface area contributed by atoms with Crippen LogP contribution in [0.1, 0.15) is 52.9 Å². The zero-order valence-corrected chi connectivity index (χ0v) is 20.6. The second-order valence-corrected chi connectivity index (χ2v) is 8.19. The van der Waals surface area contributed by atoms with Crippen molar-refractivity contribution in [3.05, 3.63) is 0 Å². The van der Waals surface area contributed by atoms with E-state index in [0.717, 1.165) is 71.3 Å². The molecule has 0 bridgehead atoms. The van der Waals surface area contributed by atoms with Crippen LogP contribution in [0.3, 0.4) is 0 Å². The number of guanidine groups is 1. The molecule has 0 aromatic rings. The van der Waals surface area contributed by atoms with Crippen molar-refractivity contribution in [1.82, 2.24) is 15.5 Å². The quantitative estimate of drug-likeness (QED) is 0.194. The van der Waals surface area contributed by atoms with Gasteiger partial charge in [0.15, 0.2) is 5.96 Å². The number of nitrogens with zero attached hydrogens (tertiary/aromatic N) is 2. The van der Waals surface area contributed by atoms with E-state index in [9.17, 15) is 0 Å². The molecule has 2 heterocycles. The zero-order chi connectivity index (χ0) is 19.3. The van der Waals surface area contributed by atoms with E-state index < -0.39 is 0 Å². The maximum atomic E-state index is 5.85. The van der Waals surface area contributed by atoms with Crippen molar-refractivity contribution < 1.29 is 9.47 Å². The van der Waals surface area contributed by atoms with Crippen LogP contribution in [-0.4, -0.2) is 76.1 Å². The molecule has 2 aliphatic heterocycles. The minimum absolute atomic E-state index is 0. The lowest BCUT2D eigenvalue weighted by molar-refractivity contribution is 0.0203. The van der Waals surface area contributed by atoms with Crippen molar-refractivity contribution in [1.29, 1.82) is 0 Å². The fraction of sp³-hybridized carbons (Fsp3) is 0.952. The van der Waals surface area contributed by atoms with Gasteiger partial charge >= 0.3 is 0 Å². The standard InChI is InChI=1S/C21H42N4O2.HI/c1-4-22-21(24-16-20(18(2)3)25-11-5-6-12-25)23-10-7-13-27-17-19-8-14-26-15-9-19;/h18-20H,4-17H2,1-3H3,(H2,22,23,24);1H. The monoisotopic (exact) mass is 510 g/mol. The third-order valence-electron chi connectivity index (χ3n) is 5.61. The highest BCUT2D eigenvalue weighted by molar-refractivity contribution is 14.0. The number of likely N-dealkylation sites (tertiary alicyclic amines) is 1. The number of ether oxygens (including phenoxy) is 2. The molecule has 166 valence electrons. The minimum Gasteiger partial charge on any atom is -0.381 e. The lowest BCUT2D eigenvalue weighted by Gasteiger charge is -2.29. The first kappa shape index (κ1) is 25.9. The van der Waals surface area contributed by atoms with Gasteiger partial charge in [0, 0.05) is 45.6 Å². The molecule has 7 heteroatoms. The van der Waals surface area contributed by atoms with Crippen LogP contribution in [-0.2, 0) is 9.47 Å². The first-order valence-corrected chi connectivity index (χ1v) is 11.1. The zero-order valence-electron chi connectivity index (χ0n) is 18.3. The fourth-order valence-electron chi connectivity index (χ4n) is 3.89. The van der Waals surface area contributed by atoms with Gasteiger partial charge in [-0.3, -0.25) is 9.89 Å². The summed E-state index contributed by atoms with van der Waals surface area (Å²) in [6.45, 7) is 15.3. The summed E-state index contributed by atoms with van der Waals surface area (Å²) in [6, 6.07) is 0.547. The first-order chi connectivity index (χ1) is 13.2. The highest BCUT2D eigenvalue weighted by Gasteiger charge is 2.24. The first-order valence-electron chi connectivity index (χ1n) is 11.1. The van der Waals surface area contributed by atoms with Crippen molar-refractivity contribution in [2.45, 2.75) is 58.9 Å². The number of halogens is 1. The molecule has 0 aliphatic carbocycles. The summed E-state index contributed by atoms with van der Waals surface area (Å²) >= 11 is 0. The molecule has 1 unspecified atom stereocenters. The Labute approximate surface area is 189 Å². The third-order valence-corrected chi connectivity index (χ3v) is 5.61. The van der Waals surface area contributed by atoms with Crippen LogP contribution in [0.2, 0.25) is 0 Å². The van der Waals surface area contributed by atoms with E-state index >= 15 is 0 Å². The van der Waals surface area contributed by atoms with Gasteiger partial charge in [0.2, 0.25) is 0 Å². The highest BCUT2D eigenvalue weighted by Crippen LogP contribution is 2.18. The molecular formula is C21H43IN4O2. The van der Waals surface area contributed by atoms with Gasteiger partial charge in [-0.1, -0.05) is 13.8 Å². The van der Waals surface area contributed by atoms with E-state index in [4.69, 9.17) is 14.5 Å². The Bertz CT molecular complexity index is 411. The van der Waals surface area contributed by atoms with Crippen molar-refractivity contribution in [3.63, 3.8) is 0 Å². The van der Waals surface area contributed by atoms with Gasteiger partial charge in [0.1, 0.15) is 0 Å². The number of hydrogen-bond acceptors (Lipinski definition) is 4. The van der Waals surface area contributed by atoms with Crippen molar-refractivity contribution in [3.8, 4) is 0 Å². The Balaban J connectivity index is 0.00000392. The van der Waals surface area contributed by atoms with Crippen LogP contribution in [0.4, 0.5) is 0 Å². The van der Waals surface area contributed by atoms with Crippen molar-refractivity contribution >= 4 is 29.9 Å². The summed E-state index contributed by atoms with van der Waals surface area (Å²) in [6.07, 6.45) is 5.96. The average Bonchev–Trinajstić information content (AvgIpc) is 3.19. The summed E-state index contributed by atoms with van der Waals surface area (Å²) in [4.78, 5) is 7.48. The molecule has 2 N–H and O–H groups in total. The van der Waals surface area contributed by atoms with Gasteiger partial charge < -0.3 is 20.1 Å². The summed E-state index contributed by atoms with van der Waals surface area (Å²) in [7, 11) is 0. The smallest absolute Gasteiger partial charge is 0.191 e. The van der Waals surface area contributed by atoms with Crippen LogP contribution < -0.4 is 10.6 Å². The SMILES string of the molecule is CCNC(=NCC(C(C)C)N1CCCC1)NCCCOCC1CCOCC1.I. The lowest BCUT2D eigenvalue weighted by atomic mass is 10.0. The molecule has 0 radical (unpaired) electrons. The lowest BCUT2D eigenvalue weighted by Crippen LogP contribution is -2.42. The topological polar surface area (TPSA) is 58.1 Å². The Morgan fingerprint density at radius 2 is 1.89 bits per heavy atom. The van der Waals surface area contributed by atoms with E-state index in [2.05, 4.69) is 36.3 Å². The molecule has 0 amide bonds. The van der Waals surface area contributed by atoms with E-state index in [-0.39, 0.29) is 24.0 Å². The summed E-state index contributed by atoms with van der Waals surface area (Å²) < 4.78 is 11.2. The molecule has 2 fully saturated rings. The van der Waals surface area contributed by atoms with Crippen LogP contribution in [0.25, 0.3) is 0 Å². The molecule has 2 saturated heterocycles. The van der Waals surface area contributed by atoms with Crippen LogP contribution in [0.15, 0.2) is 4.99 Å². The van der Waals surface area contributed by atoms with Gasteiger partial charge in [0.05, 0.1) is 6.54 Å². The normalized spacial score (nSPS) is 20.2. The second kappa shape index (κ2) is 15.7. The molecule has 28 heavy (non-hydrogen) atoms. The van der Waals surface area contributed by atoms with Gasteiger partial charge in [-0.15, -0.1) is 24.0 Å². The number of aliphatic imine (C=N–C) groups is 1. The second-order valence-electron chi connectivity index (χ2n) is 8.19. The minimum atomic E-state index is 0. The molecule has 0 saturated carbocycles. The molecule has 0 aromatic carbocycles. The molecular weight excluding hydrogens is 467 g/mol. The van der Waals surface area contributed by atoms with Gasteiger partial charge in [-0.25, -0.2) is 0 Å². The Morgan fingerprint density at radius 3 is 2.54 bits per heavy atom. The van der Waals surface area contributed by atoms with Crippen molar-refractivity contribution in [2.75, 3.05) is 59.2 Å². The predicted octanol–water partition coefficient (Wildman–Crippen LogP) is 3.11. The average molecular weight is 511 g/mol. The molecule has 6 nitrogen and oxygen atoms in total. The Morgan fingerprint density at radius 1 is 1.18 bits per heavy atom. The van der Waals surface area contributed by atoms with Gasteiger partial charge in [-0.05, 0) is 64.0 Å². The molecule has 2 aliphatic rings. The maximum Gasteiger partial charge on any atom is 0.191 e. The Kier molecular flexibility index (Phi) is 14.5. The van der Waals surface area contributed by atoms with Crippen molar-refractivity contribution in [2.24, 2.45) is 16.8 Å². The largest absolute Gasteiger partial charge is 0.381 e. The van der Waals surface area contributed by atoms with E-state index in [1.807, 2.05) is 0 Å². The van der Waals surface area contributed by atoms with E-state index in [0.29, 0.717) is 17.9 Å². The Hall–Kier alpha value is -0.120. The van der Waals surface area contributed by atoms with Gasteiger partial charge in [-0.2, -0.15) is 0 Å². The highest BCUT2D eigenvalue weighted by atomic mass is 127. The maximum absolute atomic E-state index is 5.85. The fourth-order valence-corrected chi connectivity index (χ4v) is 3.89. The van der Waals surface area contributed by atoms with Gasteiger partial charge in [0.25, 0.3) is 0 Å². The van der Waals surface area contributed by atoms with Crippen LogP contribution >= 0.6 is 24.0 Å². The predicted molar refractivity (Wildman–Crippen MR) is 128 cm³/mol.